The minimum Gasteiger partial charge on any atom is -0.481 e. The molecule has 0 spiro atoms. The first-order valence-electron chi connectivity index (χ1n) is 7.98. The third-order valence-electron chi connectivity index (χ3n) is 4.41. The SMILES string of the molecule is C=CC(=O)OCCc1cc2c(c(C(=O)O)c1C(=O)O)C=CC(C)(C(=O)O)C2. The lowest BCUT2D eigenvalue weighted by Gasteiger charge is -2.28. The quantitative estimate of drug-likeness (QED) is 0.487. The average molecular weight is 374 g/mol. The van der Waals surface area contributed by atoms with Gasteiger partial charge in [-0.05, 0) is 30.0 Å². The van der Waals surface area contributed by atoms with Crippen LogP contribution in [0.2, 0.25) is 0 Å². The molecule has 8 heteroatoms. The summed E-state index contributed by atoms with van der Waals surface area (Å²) in [6.07, 6.45) is 3.62. The number of carbonyl (C=O) groups excluding carboxylic acids is 1. The van der Waals surface area contributed by atoms with E-state index in [1.54, 1.807) is 0 Å². The van der Waals surface area contributed by atoms with Gasteiger partial charge in [0, 0.05) is 12.5 Å². The Morgan fingerprint density at radius 3 is 2.33 bits per heavy atom. The fourth-order valence-corrected chi connectivity index (χ4v) is 3.01. The molecule has 0 aliphatic heterocycles. The third-order valence-corrected chi connectivity index (χ3v) is 4.41. The molecule has 0 saturated heterocycles. The number of aliphatic carboxylic acids is 1. The van der Waals surface area contributed by atoms with E-state index in [9.17, 15) is 34.5 Å². The highest BCUT2D eigenvalue weighted by Crippen LogP contribution is 2.37. The molecule has 1 atom stereocenters. The van der Waals surface area contributed by atoms with Crippen molar-refractivity contribution in [3.8, 4) is 0 Å². The minimum atomic E-state index is -1.43. The van der Waals surface area contributed by atoms with Gasteiger partial charge in [-0.15, -0.1) is 0 Å². The van der Waals surface area contributed by atoms with Crippen LogP contribution in [0.1, 0.15) is 44.3 Å². The van der Waals surface area contributed by atoms with Crippen molar-refractivity contribution in [2.45, 2.75) is 19.8 Å². The summed E-state index contributed by atoms with van der Waals surface area (Å²) in [5.41, 5.74) is -1.31. The zero-order valence-corrected chi connectivity index (χ0v) is 14.5. The van der Waals surface area contributed by atoms with Crippen molar-refractivity contribution < 1.29 is 39.2 Å². The molecular formula is C19H18O8. The summed E-state index contributed by atoms with van der Waals surface area (Å²) < 4.78 is 4.85. The molecule has 1 aliphatic carbocycles. The molecule has 142 valence electrons. The second-order valence-electron chi connectivity index (χ2n) is 6.32. The standard InChI is InChI=1S/C19H18O8/c1-3-13(20)27-7-5-10-8-11-9-19(2,18(25)26)6-4-12(11)15(17(23)24)14(10)16(21)22/h3-4,6,8H,1,5,7,9H2,2H3,(H,21,22)(H,23,24)(H,25,26). The summed E-state index contributed by atoms with van der Waals surface area (Å²) in [5.74, 6) is -4.63. The molecule has 0 aromatic heterocycles. The summed E-state index contributed by atoms with van der Waals surface area (Å²) >= 11 is 0. The van der Waals surface area contributed by atoms with Gasteiger partial charge in [0.15, 0.2) is 0 Å². The first-order valence-corrected chi connectivity index (χ1v) is 7.98. The van der Waals surface area contributed by atoms with Crippen molar-refractivity contribution in [1.82, 2.24) is 0 Å². The first kappa shape index (κ1) is 19.9. The fourth-order valence-electron chi connectivity index (χ4n) is 3.01. The van der Waals surface area contributed by atoms with Crippen LogP contribution in [0, 0.1) is 5.41 Å². The van der Waals surface area contributed by atoms with Gasteiger partial charge < -0.3 is 20.1 Å². The number of benzene rings is 1. The lowest BCUT2D eigenvalue weighted by molar-refractivity contribution is -0.145. The Balaban J connectivity index is 2.59. The fraction of sp³-hybridized carbons (Fsp3) is 0.263. The maximum atomic E-state index is 11.8. The van der Waals surface area contributed by atoms with Crippen molar-refractivity contribution in [2.24, 2.45) is 5.41 Å². The van der Waals surface area contributed by atoms with Crippen LogP contribution in [0.3, 0.4) is 0 Å². The number of fused-ring (bicyclic) bond motifs is 1. The molecule has 1 unspecified atom stereocenters. The van der Waals surface area contributed by atoms with Gasteiger partial charge in [-0.25, -0.2) is 14.4 Å². The number of rotatable bonds is 7. The zero-order valence-electron chi connectivity index (χ0n) is 14.5. The number of carboxylic acids is 3. The van der Waals surface area contributed by atoms with E-state index in [-0.39, 0.29) is 30.6 Å². The molecule has 3 N–H and O–H groups in total. The lowest BCUT2D eigenvalue weighted by atomic mass is 9.75. The summed E-state index contributed by atoms with van der Waals surface area (Å²) in [5, 5.41) is 28.5. The van der Waals surface area contributed by atoms with Gasteiger partial charge in [0.05, 0.1) is 23.1 Å². The zero-order chi connectivity index (χ0) is 20.4. The van der Waals surface area contributed by atoms with Gasteiger partial charge in [-0.3, -0.25) is 4.79 Å². The molecule has 27 heavy (non-hydrogen) atoms. The van der Waals surface area contributed by atoms with Crippen LogP contribution in [-0.2, 0) is 27.2 Å². The highest BCUT2D eigenvalue weighted by atomic mass is 16.5. The van der Waals surface area contributed by atoms with E-state index in [1.807, 2.05) is 0 Å². The predicted molar refractivity (Wildman–Crippen MR) is 93.7 cm³/mol. The van der Waals surface area contributed by atoms with Gasteiger partial charge in [0.2, 0.25) is 0 Å². The molecule has 0 heterocycles. The van der Waals surface area contributed by atoms with Gasteiger partial charge in [-0.2, -0.15) is 0 Å². The molecule has 1 aromatic rings. The highest BCUT2D eigenvalue weighted by molar-refractivity contribution is 6.06. The summed E-state index contributed by atoms with van der Waals surface area (Å²) in [4.78, 5) is 46.2. The van der Waals surface area contributed by atoms with Crippen molar-refractivity contribution in [2.75, 3.05) is 6.61 Å². The monoisotopic (exact) mass is 374 g/mol. The number of carbonyl (C=O) groups is 4. The Morgan fingerprint density at radius 1 is 1.19 bits per heavy atom. The van der Waals surface area contributed by atoms with E-state index in [4.69, 9.17) is 4.74 Å². The Kier molecular flexibility index (Phi) is 5.49. The molecular weight excluding hydrogens is 356 g/mol. The summed E-state index contributed by atoms with van der Waals surface area (Å²) in [6.45, 7) is 4.57. The van der Waals surface area contributed by atoms with Crippen LogP contribution >= 0.6 is 0 Å². The topological polar surface area (TPSA) is 138 Å². The third kappa shape index (κ3) is 3.89. The van der Waals surface area contributed by atoms with Gasteiger partial charge in [0.1, 0.15) is 0 Å². The maximum Gasteiger partial charge on any atom is 0.337 e. The molecule has 0 saturated carbocycles. The Labute approximate surface area is 154 Å². The molecule has 1 aromatic carbocycles. The van der Waals surface area contributed by atoms with Crippen LogP contribution in [-0.4, -0.2) is 45.8 Å². The van der Waals surface area contributed by atoms with Crippen LogP contribution in [0.4, 0.5) is 0 Å². The van der Waals surface area contributed by atoms with E-state index in [2.05, 4.69) is 6.58 Å². The van der Waals surface area contributed by atoms with Crippen molar-refractivity contribution in [3.05, 3.63) is 52.6 Å². The van der Waals surface area contributed by atoms with Crippen molar-refractivity contribution in [3.63, 3.8) is 0 Å². The number of esters is 1. The van der Waals surface area contributed by atoms with Crippen molar-refractivity contribution in [1.29, 1.82) is 0 Å². The average Bonchev–Trinajstić information content (AvgIpc) is 2.59. The largest absolute Gasteiger partial charge is 0.481 e. The van der Waals surface area contributed by atoms with Gasteiger partial charge in [-0.1, -0.05) is 24.8 Å². The molecule has 0 bridgehead atoms. The highest BCUT2D eigenvalue weighted by Gasteiger charge is 2.36. The Morgan fingerprint density at radius 2 is 1.81 bits per heavy atom. The van der Waals surface area contributed by atoms with E-state index in [0.717, 1.165) is 6.08 Å². The van der Waals surface area contributed by atoms with Crippen LogP contribution in [0.25, 0.3) is 6.08 Å². The summed E-state index contributed by atoms with van der Waals surface area (Å²) in [7, 11) is 0. The predicted octanol–water partition coefficient (Wildman–Crippen LogP) is 2.01. The molecule has 2 rings (SSSR count). The van der Waals surface area contributed by atoms with E-state index < -0.39 is 40.4 Å². The molecule has 8 nitrogen and oxygen atoms in total. The number of carboxylic acid groups (broad SMARTS) is 3. The second kappa shape index (κ2) is 7.45. The van der Waals surface area contributed by atoms with E-state index in [0.29, 0.717) is 5.56 Å². The second-order valence-corrected chi connectivity index (χ2v) is 6.32. The molecule has 0 amide bonds. The van der Waals surface area contributed by atoms with Crippen molar-refractivity contribution >= 4 is 30.0 Å². The van der Waals surface area contributed by atoms with Crippen LogP contribution < -0.4 is 0 Å². The number of aromatic carboxylic acids is 2. The number of hydrogen-bond donors (Lipinski definition) is 3. The molecule has 0 fully saturated rings. The Hall–Kier alpha value is -3.42. The van der Waals surface area contributed by atoms with Crippen LogP contribution in [0.5, 0.6) is 0 Å². The van der Waals surface area contributed by atoms with Crippen LogP contribution in [0.15, 0.2) is 24.8 Å². The maximum absolute atomic E-state index is 11.8. The number of hydrogen-bond acceptors (Lipinski definition) is 5. The van der Waals surface area contributed by atoms with Gasteiger partial charge in [0.25, 0.3) is 0 Å². The summed E-state index contributed by atoms with van der Waals surface area (Å²) in [6, 6.07) is 1.47. The minimum absolute atomic E-state index is 0.00773. The van der Waals surface area contributed by atoms with E-state index in [1.165, 1.54) is 25.1 Å². The normalized spacial score (nSPS) is 17.7. The van der Waals surface area contributed by atoms with Gasteiger partial charge >= 0.3 is 23.9 Å². The van der Waals surface area contributed by atoms with E-state index >= 15 is 0 Å². The lowest BCUT2D eigenvalue weighted by Crippen LogP contribution is -2.31. The smallest absolute Gasteiger partial charge is 0.337 e. The molecule has 1 aliphatic rings. The molecule has 0 radical (unpaired) electrons. The Bertz CT molecular complexity index is 880. The first-order chi connectivity index (χ1) is 12.6. The number of ether oxygens (including phenoxy) is 1.